The highest BCUT2D eigenvalue weighted by Gasteiger charge is 2.46. The molecular weight excluding hydrogens is 839 g/mol. The van der Waals surface area contributed by atoms with E-state index in [-0.39, 0.29) is 28.1 Å². The third kappa shape index (κ3) is 8.68. The zero-order valence-corrected chi connectivity index (χ0v) is 37.3. The van der Waals surface area contributed by atoms with Crippen LogP contribution in [0.4, 0.5) is 11.4 Å². The van der Waals surface area contributed by atoms with Crippen LogP contribution in [-0.2, 0) is 46.0 Å². The molecular formula is C45H50N3O10S3+. The number of allylic oxidation sites excluding steroid dienone is 6. The molecule has 16 heteroatoms. The molecule has 0 fully saturated rings. The molecule has 0 aliphatic carbocycles. The lowest BCUT2D eigenvalue weighted by Crippen LogP contribution is -2.28. The van der Waals surface area contributed by atoms with E-state index in [1.807, 2.05) is 70.2 Å². The van der Waals surface area contributed by atoms with Crippen molar-refractivity contribution in [3.8, 4) is 12.3 Å². The fraction of sp³-hybridized carbons (Fsp3) is 0.333. The average molecular weight is 889 g/mol. The van der Waals surface area contributed by atoms with Crippen molar-refractivity contribution in [3.63, 3.8) is 0 Å². The lowest BCUT2D eigenvalue weighted by atomic mass is 9.79. The molecule has 0 aromatic heterocycles. The molecule has 0 atom stereocenters. The highest BCUT2D eigenvalue weighted by atomic mass is 32.2. The number of unbranched alkanes of at least 4 members (excludes halogenated alkanes) is 2. The number of rotatable bonds is 14. The first-order valence-corrected chi connectivity index (χ1v) is 24.1. The monoisotopic (exact) mass is 888 g/mol. The van der Waals surface area contributed by atoms with Crippen molar-refractivity contribution in [2.24, 2.45) is 0 Å². The van der Waals surface area contributed by atoms with E-state index in [0.29, 0.717) is 50.0 Å². The van der Waals surface area contributed by atoms with Crippen LogP contribution in [-0.4, -0.2) is 74.7 Å². The van der Waals surface area contributed by atoms with Gasteiger partial charge < -0.3 is 10.2 Å². The molecule has 0 unspecified atom stereocenters. The molecule has 1 amide bonds. The maximum absolute atomic E-state index is 12.6. The van der Waals surface area contributed by atoms with E-state index in [9.17, 15) is 43.7 Å². The van der Waals surface area contributed by atoms with Gasteiger partial charge in [-0.15, -0.1) is 6.42 Å². The smallest absolute Gasteiger partial charge is 0.295 e. The number of nitrogens with zero attached hydrogens (tertiary/aromatic N) is 2. The predicted molar refractivity (Wildman–Crippen MR) is 238 cm³/mol. The van der Waals surface area contributed by atoms with E-state index < -0.39 is 51.0 Å². The van der Waals surface area contributed by atoms with Crippen LogP contribution in [0, 0.1) is 19.3 Å². The average Bonchev–Trinajstić information content (AvgIpc) is 3.53. The summed E-state index contributed by atoms with van der Waals surface area (Å²) >= 11 is 0. The second-order valence-corrected chi connectivity index (χ2v) is 20.5. The van der Waals surface area contributed by atoms with Crippen LogP contribution in [0.2, 0.25) is 0 Å². The van der Waals surface area contributed by atoms with Gasteiger partial charge in [-0.25, -0.2) is 0 Å². The summed E-state index contributed by atoms with van der Waals surface area (Å²) in [7, 11) is -14.2. The van der Waals surface area contributed by atoms with Crippen molar-refractivity contribution in [1.29, 1.82) is 0 Å². The van der Waals surface area contributed by atoms with E-state index in [2.05, 4.69) is 34.6 Å². The molecule has 0 bridgehead atoms. The second-order valence-electron chi connectivity index (χ2n) is 16.3. The molecule has 6 rings (SSSR count). The number of likely N-dealkylation sites (N-methyl/N-ethyl adjacent to an activating group) is 1. The Labute approximate surface area is 357 Å². The van der Waals surface area contributed by atoms with Gasteiger partial charge in [0.25, 0.3) is 30.4 Å². The first-order chi connectivity index (χ1) is 28.4. The Bertz CT molecular complexity index is 3010. The summed E-state index contributed by atoms with van der Waals surface area (Å²) < 4.78 is 106. The number of amides is 1. The van der Waals surface area contributed by atoms with E-state index in [1.165, 1.54) is 24.3 Å². The van der Waals surface area contributed by atoms with E-state index in [4.69, 9.17) is 6.42 Å². The molecule has 61 heavy (non-hydrogen) atoms. The largest absolute Gasteiger partial charge is 0.345 e. The molecule has 13 nitrogen and oxygen atoms in total. The molecule has 0 spiro atoms. The van der Waals surface area contributed by atoms with E-state index in [0.717, 1.165) is 45.1 Å². The zero-order chi connectivity index (χ0) is 44.9. The lowest BCUT2D eigenvalue weighted by molar-refractivity contribution is -0.438. The Morgan fingerprint density at radius 3 is 2.05 bits per heavy atom. The predicted octanol–water partition coefficient (Wildman–Crippen LogP) is 7.54. The van der Waals surface area contributed by atoms with Crippen LogP contribution in [0.15, 0.2) is 99.3 Å². The Balaban J connectivity index is 1.40. The molecule has 4 aromatic carbocycles. The summed E-state index contributed by atoms with van der Waals surface area (Å²) in [6.07, 6.45) is 17.1. The van der Waals surface area contributed by atoms with Gasteiger partial charge in [-0.2, -0.15) is 29.8 Å². The first-order valence-electron chi connectivity index (χ1n) is 19.7. The molecule has 2 aliphatic rings. The molecule has 4 N–H and O–H groups in total. The number of nitrogens with one attached hydrogen (secondary N) is 1. The molecule has 2 aliphatic heterocycles. The fourth-order valence-electron chi connectivity index (χ4n) is 8.91. The number of terminal acetylenes is 1. The number of aryl methyl sites for hydroxylation is 1. The summed E-state index contributed by atoms with van der Waals surface area (Å²) in [5.74, 6) is 2.24. The maximum atomic E-state index is 12.6. The van der Waals surface area contributed by atoms with E-state index >= 15 is 0 Å². The zero-order valence-electron chi connectivity index (χ0n) is 34.9. The van der Waals surface area contributed by atoms with Crippen LogP contribution in [0.25, 0.3) is 21.5 Å². The second kappa shape index (κ2) is 16.6. The van der Waals surface area contributed by atoms with Gasteiger partial charge in [-0.3, -0.25) is 18.5 Å². The number of hydrogen-bond donors (Lipinski definition) is 4. The molecule has 0 saturated heterocycles. The van der Waals surface area contributed by atoms with Crippen molar-refractivity contribution in [1.82, 2.24) is 5.32 Å². The van der Waals surface area contributed by atoms with Crippen LogP contribution >= 0.6 is 0 Å². The van der Waals surface area contributed by atoms with Gasteiger partial charge in [0.1, 0.15) is 11.4 Å². The van der Waals surface area contributed by atoms with Crippen LogP contribution in [0.3, 0.4) is 0 Å². The van der Waals surface area contributed by atoms with Crippen LogP contribution in [0.5, 0.6) is 0 Å². The number of hydrogen-bond acceptors (Lipinski definition) is 8. The summed E-state index contributed by atoms with van der Waals surface area (Å²) in [6.45, 7) is 13.1. The van der Waals surface area contributed by atoms with Gasteiger partial charge in [0.2, 0.25) is 11.6 Å². The first kappa shape index (κ1) is 45.4. The number of carbonyl (C=O) groups excluding carboxylic acids is 1. The minimum absolute atomic E-state index is 0.0919. The van der Waals surface area contributed by atoms with Gasteiger partial charge >= 0.3 is 0 Å². The standard InChI is InChI=1S/C45H49N3O10S3/c1-8-23-46-41(49)18-14-11-15-24-48-37-22-20-33-35(27-31(60(53,54)55)28-38(33)61(56,57)58)43(37)45(6,7)40(48)17-13-10-12-16-39-44(4,5)42-34-26-30(59(50,51)52)25-29(3)32(34)19-21-36(42)47(39)9-2/h1,10,12-13,16-17,19-22,25-28H,9,11,14-15,18,23-24H2,2-7H3,(H3-,46,49,50,51,52,53,54,55,56,57,58)/p+1. The highest BCUT2D eigenvalue weighted by Crippen LogP contribution is 2.51. The van der Waals surface area contributed by atoms with Crippen molar-refractivity contribution in [2.75, 3.05) is 24.5 Å². The quantitative estimate of drug-likeness (QED) is 0.0321. The number of anilines is 1. The Hall–Kier alpha value is -5.15. The van der Waals surface area contributed by atoms with Gasteiger partial charge in [0.15, 0.2) is 5.71 Å². The molecule has 322 valence electrons. The van der Waals surface area contributed by atoms with Crippen LogP contribution in [0.1, 0.15) is 77.0 Å². The number of carbonyl (C=O) groups is 1. The lowest BCUT2D eigenvalue weighted by Gasteiger charge is -2.26. The van der Waals surface area contributed by atoms with Crippen molar-refractivity contribution < 1.29 is 48.3 Å². The van der Waals surface area contributed by atoms with Crippen molar-refractivity contribution in [2.45, 2.75) is 92.7 Å². The molecule has 4 aromatic rings. The third-order valence-electron chi connectivity index (χ3n) is 11.6. The van der Waals surface area contributed by atoms with Gasteiger partial charge in [0.05, 0.1) is 21.8 Å². The minimum atomic E-state index is -4.91. The topological polar surface area (TPSA) is 198 Å². The molecule has 2 heterocycles. The summed E-state index contributed by atoms with van der Waals surface area (Å²) in [5.41, 5.74) is 4.27. The molecule has 0 saturated carbocycles. The molecule has 0 radical (unpaired) electrons. The maximum Gasteiger partial charge on any atom is 0.295 e. The van der Waals surface area contributed by atoms with Gasteiger partial charge in [-0.05, 0) is 110 Å². The van der Waals surface area contributed by atoms with Crippen molar-refractivity contribution in [3.05, 3.63) is 101 Å². The third-order valence-corrected chi connectivity index (χ3v) is 14.2. The van der Waals surface area contributed by atoms with E-state index in [1.54, 1.807) is 6.07 Å². The minimum Gasteiger partial charge on any atom is -0.345 e. The van der Waals surface area contributed by atoms with Gasteiger partial charge in [-0.1, -0.05) is 44.1 Å². The Morgan fingerprint density at radius 1 is 0.787 bits per heavy atom. The number of benzene rings is 4. The normalized spacial score (nSPS) is 16.9. The number of fused-ring (bicyclic) bond motifs is 6. The summed E-state index contributed by atoms with van der Waals surface area (Å²) in [6, 6.07) is 12.2. The van der Waals surface area contributed by atoms with Crippen molar-refractivity contribution >= 4 is 74.9 Å². The summed E-state index contributed by atoms with van der Waals surface area (Å²) in [5, 5.41) is 4.62. The van der Waals surface area contributed by atoms with Gasteiger partial charge in [0, 0.05) is 59.3 Å². The Kier molecular flexibility index (Phi) is 12.4. The van der Waals surface area contributed by atoms with Crippen LogP contribution < -0.4 is 10.2 Å². The summed E-state index contributed by atoms with van der Waals surface area (Å²) in [4.78, 5) is 12.8. The fourth-order valence-corrected chi connectivity index (χ4v) is 10.8. The Morgan fingerprint density at radius 2 is 1.43 bits per heavy atom. The highest BCUT2D eigenvalue weighted by molar-refractivity contribution is 7.87. The SMILES string of the molecule is C#CCNC(=O)CCCCC[N+]1=C(C=CC=CC=C2N(CC)c3ccc4c(C)cc(S(=O)(=O)O)cc4c3C2(C)C)C(C)(C)c2c1ccc1c(S(=O)(=O)O)cc(S(=O)(=O)O)cc21.